The van der Waals surface area contributed by atoms with Gasteiger partial charge in [0.1, 0.15) is 11.7 Å². The Bertz CT molecular complexity index is 1020. The van der Waals surface area contributed by atoms with Crippen LogP contribution in [0.2, 0.25) is 0 Å². The quantitative estimate of drug-likeness (QED) is 0.610. The summed E-state index contributed by atoms with van der Waals surface area (Å²) in [5.74, 6) is -0.563. The summed E-state index contributed by atoms with van der Waals surface area (Å²) in [7, 11) is -3.83. The van der Waals surface area contributed by atoms with Crippen molar-refractivity contribution in [3.63, 3.8) is 0 Å². The molecule has 1 amide bonds. The molecule has 1 unspecified atom stereocenters. The molecule has 0 aliphatic carbocycles. The molecule has 1 fully saturated rings. The van der Waals surface area contributed by atoms with E-state index in [0.29, 0.717) is 24.0 Å². The van der Waals surface area contributed by atoms with E-state index < -0.39 is 26.9 Å². The van der Waals surface area contributed by atoms with Gasteiger partial charge in [-0.2, -0.15) is 4.31 Å². The molecule has 1 aliphatic heterocycles. The normalized spacial score (nSPS) is 17.4. The van der Waals surface area contributed by atoms with E-state index in [2.05, 4.69) is 5.32 Å². The van der Waals surface area contributed by atoms with Crippen LogP contribution in [0, 0.1) is 24.0 Å². The maximum absolute atomic E-state index is 12.9. The number of nitro groups is 1. The second kappa shape index (κ2) is 7.69. The molecular formula is C19H21N3O5S. The van der Waals surface area contributed by atoms with Gasteiger partial charge in [0.2, 0.25) is 15.9 Å². The Morgan fingerprint density at radius 3 is 2.54 bits per heavy atom. The highest BCUT2D eigenvalue weighted by Crippen LogP contribution is 2.32. The number of rotatable bonds is 5. The van der Waals surface area contributed by atoms with E-state index in [4.69, 9.17) is 0 Å². The number of carbonyl (C=O) groups excluding carboxylic acids is 1. The Morgan fingerprint density at radius 2 is 1.89 bits per heavy atom. The van der Waals surface area contributed by atoms with Crippen LogP contribution in [0.15, 0.2) is 47.4 Å². The van der Waals surface area contributed by atoms with Gasteiger partial charge in [-0.15, -0.1) is 0 Å². The predicted molar refractivity (Wildman–Crippen MR) is 105 cm³/mol. The second-order valence-corrected chi connectivity index (χ2v) is 8.70. The van der Waals surface area contributed by atoms with E-state index in [9.17, 15) is 23.3 Å². The van der Waals surface area contributed by atoms with Gasteiger partial charge in [0.05, 0.1) is 9.82 Å². The molecule has 1 atom stereocenters. The average Bonchev–Trinajstić information content (AvgIpc) is 3.15. The lowest BCUT2D eigenvalue weighted by molar-refractivity contribution is -0.384. The summed E-state index contributed by atoms with van der Waals surface area (Å²) in [4.78, 5) is 23.8. The van der Waals surface area contributed by atoms with E-state index in [1.807, 2.05) is 0 Å². The van der Waals surface area contributed by atoms with E-state index in [1.165, 1.54) is 22.5 Å². The van der Waals surface area contributed by atoms with Gasteiger partial charge < -0.3 is 5.32 Å². The maximum Gasteiger partial charge on any atom is 0.293 e. The number of anilines is 1. The summed E-state index contributed by atoms with van der Waals surface area (Å²) in [5.41, 5.74) is 1.15. The molecular weight excluding hydrogens is 382 g/mol. The van der Waals surface area contributed by atoms with Crippen LogP contribution >= 0.6 is 0 Å². The number of nitrogens with zero attached hydrogens (tertiary/aromatic N) is 2. The number of aryl methyl sites for hydroxylation is 2. The smallest absolute Gasteiger partial charge is 0.293 e. The molecule has 0 spiro atoms. The Hall–Kier alpha value is -2.78. The van der Waals surface area contributed by atoms with Crippen molar-refractivity contribution in [1.29, 1.82) is 0 Å². The van der Waals surface area contributed by atoms with Crippen molar-refractivity contribution in [2.45, 2.75) is 37.6 Å². The molecule has 9 heteroatoms. The highest BCUT2D eigenvalue weighted by atomic mass is 32.2. The molecule has 0 bridgehead atoms. The number of hydrogen-bond donors (Lipinski definition) is 1. The highest BCUT2D eigenvalue weighted by molar-refractivity contribution is 7.89. The van der Waals surface area contributed by atoms with Gasteiger partial charge in [0, 0.05) is 12.6 Å². The SMILES string of the molecule is Cc1cc(C)c(NC(=O)C2CCCN2S(=O)(=O)c2ccccc2)c([N+](=O)[O-])c1. The van der Waals surface area contributed by atoms with Crippen molar-refractivity contribution in [2.75, 3.05) is 11.9 Å². The number of nitro benzene ring substituents is 1. The Balaban J connectivity index is 1.90. The standard InChI is InChI=1S/C19H21N3O5S/c1-13-11-14(2)18(17(12-13)22(24)25)20-19(23)16-9-6-10-21(16)28(26,27)15-7-4-3-5-8-15/h3-5,7-8,11-12,16H,6,9-10H2,1-2H3,(H,20,23). The van der Waals surface area contributed by atoms with Crippen molar-refractivity contribution in [1.82, 2.24) is 4.31 Å². The highest BCUT2D eigenvalue weighted by Gasteiger charge is 2.40. The number of sulfonamides is 1. The number of amides is 1. The molecule has 28 heavy (non-hydrogen) atoms. The zero-order valence-electron chi connectivity index (χ0n) is 15.6. The zero-order chi connectivity index (χ0) is 20.5. The van der Waals surface area contributed by atoms with Crippen molar-refractivity contribution in [3.8, 4) is 0 Å². The number of hydrogen-bond acceptors (Lipinski definition) is 5. The van der Waals surface area contributed by atoms with Crippen LogP contribution in [0.25, 0.3) is 0 Å². The third-order valence-electron chi connectivity index (χ3n) is 4.76. The van der Waals surface area contributed by atoms with Crippen LogP contribution in [0.4, 0.5) is 11.4 Å². The average molecular weight is 403 g/mol. The third-order valence-corrected chi connectivity index (χ3v) is 6.68. The van der Waals surface area contributed by atoms with Gasteiger partial charge in [-0.3, -0.25) is 14.9 Å². The molecule has 1 saturated heterocycles. The molecule has 0 radical (unpaired) electrons. The van der Waals surface area contributed by atoms with Crippen LogP contribution in [-0.2, 0) is 14.8 Å². The molecule has 3 rings (SSSR count). The van der Waals surface area contributed by atoms with Crippen LogP contribution in [0.3, 0.4) is 0 Å². The monoisotopic (exact) mass is 403 g/mol. The fraction of sp³-hybridized carbons (Fsp3) is 0.316. The lowest BCUT2D eigenvalue weighted by Gasteiger charge is -2.23. The molecule has 148 valence electrons. The molecule has 1 aliphatic rings. The van der Waals surface area contributed by atoms with E-state index in [0.717, 1.165) is 0 Å². The van der Waals surface area contributed by atoms with Gasteiger partial charge in [-0.05, 0) is 49.9 Å². The Kier molecular flexibility index (Phi) is 5.48. The fourth-order valence-electron chi connectivity index (χ4n) is 3.48. The van der Waals surface area contributed by atoms with E-state index in [1.54, 1.807) is 38.1 Å². The first-order valence-corrected chi connectivity index (χ1v) is 10.3. The van der Waals surface area contributed by atoms with Crippen molar-refractivity contribution < 1.29 is 18.1 Å². The van der Waals surface area contributed by atoms with Crippen molar-refractivity contribution in [2.24, 2.45) is 0 Å². The summed E-state index contributed by atoms with van der Waals surface area (Å²) in [6, 6.07) is 10.1. The molecule has 0 aromatic heterocycles. The van der Waals surface area contributed by atoms with Crippen LogP contribution < -0.4 is 5.32 Å². The number of nitrogens with one attached hydrogen (secondary N) is 1. The van der Waals surface area contributed by atoms with Gasteiger partial charge in [-0.25, -0.2) is 8.42 Å². The van der Waals surface area contributed by atoms with Gasteiger partial charge in [0.15, 0.2) is 0 Å². The summed E-state index contributed by atoms with van der Waals surface area (Å²) in [6.07, 6.45) is 0.899. The van der Waals surface area contributed by atoms with Gasteiger partial charge in [-0.1, -0.05) is 24.3 Å². The van der Waals surface area contributed by atoms with Crippen molar-refractivity contribution >= 4 is 27.3 Å². The molecule has 2 aromatic rings. The van der Waals surface area contributed by atoms with Gasteiger partial charge >= 0.3 is 0 Å². The first-order chi connectivity index (χ1) is 13.2. The first-order valence-electron chi connectivity index (χ1n) is 8.85. The van der Waals surface area contributed by atoms with Crippen molar-refractivity contribution in [3.05, 3.63) is 63.7 Å². The Labute approximate surface area is 163 Å². The molecule has 8 nitrogen and oxygen atoms in total. The van der Waals surface area contributed by atoms with E-state index >= 15 is 0 Å². The largest absolute Gasteiger partial charge is 0.319 e. The van der Waals surface area contributed by atoms with Crippen LogP contribution in [0.1, 0.15) is 24.0 Å². The number of benzene rings is 2. The maximum atomic E-state index is 12.9. The minimum Gasteiger partial charge on any atom is -0.319 e. The Morgan fingerprint density at radius 1 is 1.21 bits per heavy atom. The molecule has 2 aromatic carbocycles. The molecule has 0 saturated carbocycles. The fourth-order valence-corrected chi connectivity index (χ4v) is 5.15. The second-order valence-electron chi connectivity index (χ2n) is 6.81. The predicted octanol–water partition coefficient (Wildman–Crippen LogP) is 3.00. The number of carbonyl (C=O) groups is 1. The minimum atomic E-state index is -3.83. The van der Waals surface area contributed by atoms with Gasteiger partial charge in [0.25, 0.3) is 5.69 Å². The summed E-state index contributed by atoms with van der Waals surface area (Å²) in [5, 5.41) is 14.0. The van der Waals surface area contributed by atoms with E-state index in [-0.39, 0.29) is 22.8 Å². The zero-order valence-corrected chi connectivity index (χ0v) is 16.4. The summed E-state index contributed by atoms with van der Waals surface area (Å²) in [6.45, 7) is 3.63. The third kappa shape index (κ3) is 3.76. The summed E-state index contributed by atoms with van der Waals surface area (Å²) >= 11 is 0. The summed E-state index contributed by atoms with van der Waals surface area (Å²) < 4.78 is 27.0. The first kappa shape index (κ1) is 20.0. The van der Waals surface area contributed by atoms with Crippen LogP contribution in [0.5, 0.6) is 0 Å². The van der Waals surface area contributed by atoms with Crippen LogP contribution in [-0.4, -0.2) is 36.1 Å². The minimum absolute atomic E-state index is 0.101. The lowest BCUT2D eigenvalue weighted by atomic mass is 10.1. The lowest BCUT2D eigenvalue weighted by Crippen LogP contribution is -2.43. The topological polar surface area (TPSA) is 110 Å². The molecule has 1 heterocycles. The molecule has 1 N–H and O–H groups in total.